The van der Waals surface area contributed by atoms with Crippen LogP contribution in [0.5, 0.6) is 0 Å². The van der Waals surface area contributed by atoms with Crippen molar-refractivity contribution in [2.45, 2.75) is 46.7 Å². The summed E-state index contributed by atoms with van der Waals surface area (Å²) in [5.41, 5.74) is 10.9. The van der Waals surface area contributed by atoms with Gasteiger partial charge >= 0.3 is 0 Å². The number of rotatable bonds is 8. The lowest BCUT2D eigenvalue weighted by molar-refractivity contribution is -0.119. The fourth-order valence-electron chi connectivity index (χ4n) is 2.73. The topological polar surface area (TPSA) is 80.9 Å². The number of aromatic nitrogens is 2. The Hall–Kier alpha value is -2.57. The molecule has 0 bridgehead atoms. The van der Waals surface area contributed by atoms with Crippen LogP contribution in [0.3, 0.4) is 0 Å². The van der Waals surface area contributed by atoms with E-state index in [1.165, 1.54) is 23.8 Å². The smallest absolute Gasteiger partial charge is 0.217 e. The van der Waals surface area contributed by atoms with Crippen LogP contribution < -0.4 is 11.1 Å². The normalized spacial score (nSPS) is 12.4. The molecule has 28 heavy (non-hydrogen) atoms. The van der Waals surface area contributed by atoms with Gasteiger partial charge in [-0.2, -0.15) is 0 Å². The predicted octanol–water partition coefficient (Wildman–Crippen LogP) is 4.34. The highest BCUT2D eigenvalue weighted by atomic mass is 32.1. The molecule has 0 fully saturated rings. The summed E-state index contributed by atoms with van der Waals surface area (Å²) in [6, 6.07) is 7.86. The SMILES string of the molecule is C=C(C)/C=C(\C=C(C)C)c1nnc(C(Cc2ccc(CN)cc2)NC(C)=O)s1. The summed E-state index contributed by atoms with van der Waals surface area (Å²) in [6.45, 7) is 12.0. The minimum atomic E-state index is -0.231. The number of nitrogens with one attached hydrogen (secondary N) is 1. The van der Waals surface area contributed by atoms with E-state index >= 15 is 0 Å². The van der Waals surface area contributed by atoms with Crippen molar-refractivity contribution in [3.05, 3.63) is 75.3 Å². The van der Waals surface area contributed by atoms with Gasteiger partial charge in [-0.05, 0) is 44.4 Å². The minimum absolute atomic E-state index is 0.0951. The van der Waals surface area contributed by atoms with Crippen LogP contribution in [0, 0.1) is 0 Å². The predicted molar refractivity (Wildman–Crippen MR) is 117 cm³/mol. The van der Waals surface area contributed by atoms with E-state index in [-0.39, 0.29) is 11.9 Å². The Morgan fingerprint density at radius 3 is 2.32 bits per heavy atom. The van der Waals surface area contributed by atoms with Gasteiger partial charge in [-0.1, -0.05) is 59.4 Å². The maximum atomic E-state index is 11.7. The van der Waals surface area contributed by atoms with Crippen LogP contribution >= 0.6 is 11.3 Å². The van der Waals surface area contributed by atoms with E-state index in [0.29, 0.717) is 13.0 Å². The van der Waals surface area contributed by atoms with Crippen LogP contribution in [-0.4, -0.2) is 16.1 Å². The first-order valence-corrected chi connectivity index (χ1v) is 10.0. The molecular formula is C22H28N4OS. The van der Waals surface area contributed by atoms with Gasteiger partial charge in [-0.3, -0.25) is 4.79 Å². The van der Waals surface area contributed by atoms with E-state index < -0.39 is 0 Å². The molecule has 2 rings (SSSR count). The van der Waals surface area contributed by atoms with Gasteiger partial charge in [-0.15, -0.1) is 10.2 Å². The first-order valence-electron chi connectivity index (χ1n) is 9.19. The zero-order valence-corrected chi connectivity index (χ0v) is 17.8. The van der Waals surface area contributed by atoms with E-state index in [4.69, 9.17) is 5.73 Å². The fourth-order valence-corrected chi connectivity index (χ4v) is 3.61. The van der Waals surface area contributed by atoms with Crippen molar-refractivity contribution in [2.24, 2.45) is 5.73 Å². The molecule has 0 spiro atoms. The van der Waals surface area contributed by atoms with Crippen molar-refractivity contribution in [1.29, 1.82) is 0 Å². The third kappa shape index (κ3) is 6.55. The average molecular weight is 397 g/mol. The summed E-state index contributed by atoms with van der Waals surface area (Å²) >= 11 is 1.49. The highest BCUT2D eigenvalue weighted by Crippen LogP contribution is 2.28. The Bertz CT molecular complexity index is 890. The third-order valence-corrected chi connectivity index (χ3v) is 4.99. The Balaban J connectivity index is 2.32. The molecule has 1 aromatic carbocycles. The number of amides is 1. The molecule has 0 saturated heterocycles. The van der Waals surface area contributed by atoms with Gasteiger partial charge in [0.15, 0.2) is 0 Å². The molecule has 1 amide bonds. The molecule has 1 atom stereocenters. The Morgan fingerprint density at radius 2 is 1.79 bits per heavy atom. The van der Waals surface area contributed by atoms with Crippen LogP contribution in [0.1, 0.15) is 54.9 Å². The number of hydrogen-bond acceptors (Lipinski definition) is 5. The van der Waals surface area contributed by atoms with Crippen LogP contribution in [0.2, 0.25) is 0 Å². The number of nitrogens with two attached hydrogens (primary N) is 1. The van der Waals surface area contributed by atoms with Gasteiger partial charge in [0.25, 0.3) is 0 Å². The van der Waals surface area contributed by atoms with Gasteiger partial charge < -0.3 is 11.1 Å². The third-order valence-electron chi connectivity index (χ3n) is 3.91. The second-order valence-corrected chi connectivity index (χ2v) is 8.10. The van der Waals surface area contributed by atoms with E-state index in [1.807, 2.05) is 51.1 Å². The fraction of sp³-hybridized carbons (Fsp3) is 0.318. The first kappa shape index (κ1) is 21.7. The van der Waals surface area contributed by atoms with Crippen LogP contribution in [-0.2, 0) is 17.8 Å². The average Bonchev–Trinajstić information content (AvgIpc) is 3.10. The van der Waals surface area contributed by atoms with Gasteiger partial charge in [0.1, 0.15) is 10.0 Å². The van der Waals surface area contributed by atoms with Crippen molar-refractivity contribution < 1.29 is 4.79 Å². The first-order chi connectivity index (χ1) is 13.3. The molecule has 0 radical (unpaired) electrons. The monoisotopic (exact) mass is 396 g/mol. The zero-order valence-electron chi connectivity index (χ0n) is 17.0. The Kier molecular flexibility index (Phi) is 7.84. The minimum Gasteiger partial charge on any atom is -0.347 e. The van der Waals surface area contributed by atoms with Gasteiger partial charge in [-0.25, -0.2) is 0 Å². The molecule has 6 heteroatoms. The number of hydrogen-bond donors (Lipinski definition) is 2. The molecule has 0 aliphatic carbocycles. The van der Waals surface area contributed by atoms with Crippen LogP contribution in [0.25, 0.3) is 5.57 Å². The molecule has 148 valence electrons. The van der Waals surface area contributed by atoms with Crippen molar-refractivity contribution in [2.75, 3.05) is 0 Å². The number of nitrogens with zero attached hydrogens (tertiary/aromatic N) is 2. The highest BCUT2D eigenvalue weighted by Gasteiger charge is 2.19. The largest absolute Gasteiger partial charge is 0.347 e. The summed E-state index contributed by atoms with van der Waals surface area (Å²) in [5, 5.41) is 13.3. The number of carbonyl (C=O) groups is 1. The molecule has 0 aliphatic heterocycles. The van der Waals surface area contributed by atoms with Gasteiger partial charge in [0.05, 0.1) is 6.04 Å². The van der Waals surface area contributed by atoms with Crippen LogP contribution in [0.4, 0.5) is 0 Å². The van der Waals surface area contributed by atoms with Crippen molar-refractivity contribution in [3.8, 4) is 0 Å². The number of allylic oxidation sites excluding steroid dienone is 5. The highest BCUT2D eigenvalue weighted by molar-refractivity contribution is 7.12. The second-order valence-electron chi connectivity index (χ2n) is 7.09. The maximum absolute atomic E-state index is 11.7. The molecule has 0 saturated carbocycles. The van der Waals surface area contributed by atoms with Crippen molar-refractivity contribution in [1.82, 2.24) is 15.5 Å². The Labute approximate surface area is 171 Å². The van der Waals surface area contributed by atoms with Crippen LogP contribution in [0.15, 0.2) is 54.1 Å². The van der Waals surface area contributed by atoms with Crippen molar-refractivity contribution >= 4 is 22.8 Å². The summed E-state index contributed by atoms with van der Waals surface area (Å²) in [7, 11) is 0. The molecule has 3 N–H and O–H groups in total. The lowest BCUT2D eigenvalue weighted by Crippen LogP contribution is -2.27. The molecule has 0 aliphatic rings. The van der Waals surface area contributed by atoms with E-state index in [9.17, 15) is 4.79 Å². The molecule has 1 unspecified atom stereocenters. The lowest BCUT2D eigenvalue weighted by Gasteiger charge is -2.15. The zero-order chi connectivity index (χ0) is 20.7. The summed E-state index contributed by atoms with van der Waals surface area (Å²) in [5.74, 6) is -0.0951. The van der Waals surface area contributed by atoms with E-state index in [2.05, 4.69) is 28.2 Å². The molecular weight excluding hydrogens is 368 g/mol. The lowest BCUT2D eigenvalue weighted by atomic mass is 10.0. The van der Waals surface area contributed by atoms with Crippen molar-refractivity contribution in [3.63, 3.8) is 0 Å². The van der Waals surface area contributed by atoms with Gasteiger partial charge in [0, 0.05) is 19.0 Å². The summed E-state index contributed by atoms with van der Waals surface area (Å²) in [4.78, 5) is 11.7. The molecule has 1 aromatic heterocycles. The quantitative estimate of drug-likeness (QED) is 0.650. The molecule has 1 heterocycles. The standard InChI is InChI=1S/C22H28N4OS/c1-14(2)10-19(11-15(3)4)21-25-26-22(28-21)20(24-16(5)27)12-17-6-8-18(13-23)9-7-17/h6-11,20H,1,12-13,23H2,2-5H3,(H,24,27)/b19-10+. The van der Waals surface area contributed by atoms with E-state index in [1.54, 1.807) is 0 Å². The maximum Gasteiger partial charge on any atom is 0.217 e. The summed E-state index contributed by atoms with van der Waals surface area (Å²) in [6.07, 6.45) is 4.70. The number of benzene rings is 1. The van der Waals surface area contributed by atoms with Gasteiger partial charge in [0.2, 0.25) is 5.91 Å². The molecule has 2 aromatic rings. The molecule has 5 nitrogen and oxygen atoms in total. The summed E-state index contributed by atoms with van der Waals surface area (Å²) < 4.78 is 0. The second kappa shape index (κ2) is 10.1. The number of carbonyl (C=O) groups excluding carboxylic acids is 1. The Morgan fingerprint density at radius 1 is 1.14 bits per heavy atom. The van der Waals surface area contributed by atoms with E-state index in [0.717, 1.165) is 32.3 Å².